The van der Waals surface area contributed by atoms with Crippen LogP contribution in [0.3, 0.4) is 0 Å². The number of hydrogen-bond acceptors (Lipinski definition) is 7. The number of carbonyl (C=O) groups is 2. The maximum Gasteiger partial charge on any atom is 0.239 e. The second kappa shape index (κ2) is 11.7. The number of nitrogens with one attached hydrogen (secondary N) is 3. The van der Waals surface area contributed by atoms with Crippen molar-refractivity contribution in [1.29, 1.82) is 0 Å². The Kier molecular flexibility index (Phi) is 8.22. The highest BCUT2D eigenvalue weighted by molar-refractivity contribution is 6.30. The van der Waals surface area contributed by atoms with Gasteiger partial charge in [-0.2, -0.15) is 0 Å². The fraction of sp³-hybridized carbons (Fsp3) is 0.531. The zero-order valence-electron chi connectivity index (χ0n) is 24.8. The van der Waals surface area contributed by atoms with E-state index in [0.717, 1.165) is 25.7 Å². The smallest absolute Gasteiger partial charge is 0.239 e. The molecule has 44 heavy (non-hydrogen) atoms. The van der Waals surface area contributed by atoms with Crippen molar-refractivity contribution in [1.82, 2.24) is 25.8 Å². The van der Waals surface area contributed by atoms with Gasteiger partial charge in [0.1, 0.15) is 22.2 Å². The van der Waals surface area contributed by atoms with Crippen LogP contribution in [-0.4, -0.2) is 44.6 Å². The van der Waals surface area contributed by atoms with Crippen molar-refractivity contribution in [3.05, 3.63) is 70.8 Å². The third-order valence-corrected chi connectivity index (χ3v) is 10.6. The molecule has 3 fully saturated rings. The minimum atomic E-state index is -1.44. The van der Waals surface area contributed by atoms with E-state index in [0.29, 0.717) is 43.0 Å². The Bertz CT molecular complexity index is 1510. The second-order valence-electron chi connectivity index (χ2n) is 13.3. The minimum Gasteiger partial charge on any atom is -0.428 e. The van der Waals surface area contributed by atoms with Crippen LogP contribution in [0.4, 0.5) is 10.2 Å². The third kappa shape index (κ3) is 5.28. The third-order valence-electron chi connectivity index (χ3n) is 10.2. The van der Waals surface area contributed by atoms with Crippen molar-refractivity contribution in [3.63, 3.8) is 0 Å². The first kappa shape index (κ1) is 30.9. The molecule has 2 aliphatic heterocycles. The molecule has 6 rings (SSSR count). The van der Waals surface area contributed by atoms with Crippen LogP contribution in [0.1, 0.15) is 82.6 Å². The molecule has 0 radical (unpaired) electrons. The molecule has 2 spiro atoms. The Hall–Kier alpha value is -3.08. The lowest BCUT2D eigenvalue weighted by Gasteiger charge is -2.50. The molecule has 3 atom stereocenters. The molecule has 4 heterocycles. The number of aromatic nitrogens is 3. The monoisotopic (exact) mass is 642 g/mol. The van der Waals surface area contributed by atoms with E-state index >= 15 is 4.39 Å². The highest BCUT2D eigenvalue weighted by Crippen LogP contribution is 2.62. The van der Waals surface area contributed by atoms with Crippen LogP contribution < -0.4 is 16.0 Å². The summed E-state index contributed by atoms with van der Waals surface area (Å²) in [5.41, 5.74) is -1.76. The molecule has 0 bridgehead atoms. The lowest BCUT2D eigenvalue weighted by atomic mass is 9.54. The maximum absolute atomic E-state index is 16.8. The first-order valence-electron chi connectivity index (χ1n) is 15.2. The molecule has 2 aromatic heterocycles. The predicted octanol–water partition coefficient (Wildman–Crippen LogP) is 6.24. The van der Waals surface area contributed by atoms with Crippen molar-refractivity contribution in [2.45, 2.75) is 94.2 Å². The van der Waals surface area contributed by atoms with Gasteiger partial charge in [-0.15, -0.1) is 10.2 Å². The largest absolute Gasteiger partial charge is 0.428 e. The number of rotatable bonds is 6. The van der Waals surface area contributed by atoms with E-state index in [2.05, 4.69) is 51.6 Å². The molecule has 9 nitrogen and oxygen atoms in total. The van der Waals surface area contributed by atoms with E-state index < -0.39 is 28.7 Å². The highest BCUT2D eigenvalue weighted by atomic mass is 35.5. The fourth-order valence-electron chi connectivity index (χ4n) is 7.96. The number of amides is 2. The van der Waals surface area contributed by atoms with Gasteiger partial charge in [0.2, 0.25) is 24.1 Å². The summed E-state index contributed by atoms with van der Waals surface area (Å²) in [4.78, 5) is 33.0. The van der Waals surface area contributed by atoms with Crippen LogP contribution in [-0.2, 0) is 15.0 Å². The zero-order chi connectivity index (χ0) is 31.3. The summed E-state index contributed by atoms with van der Waals surface area (Å²) >= 11 is 12.2. The van der Waals surface area contributed by atoms with Crippen molar-refractivity contribution in [3.8, 4) is 0 Å². The number of anilines is 1. The summed E-state index contributed by atoms with van der Waals surface area (Å²) in [6.07, 6.45) is 11.3. The molecule has 4 aliphatic rings. The SMILES string of the molecule is C=C(Cl)/C=C\C=C(/F)[C@H]1[C@H](C(=O)NC2CCC(c3nnco3)CC2)NC2(CCC(C)(C)CC2)[C@@]12C(=O)Nc1nc(Cl)ccc12. The van der Waals surface area contributed by atoms with Crippen molar-refractivity contribution in [2.24, 2.45) is 11.3 Å². The number of allylic oxidation sites excluding steroid dienone is 4. The van der Waals surface area contributed by atoms with E-state index in [9.17, 15) is 9.59 Å². The Morgan fingerprint density at radius 2 is 1.91 bits per heavy atom. The van der Waals surface area contributed by atoms with Gasteiger partial charge in [-0.1, -0.05) is 55.8 Å². The normalized spacial score (nSPS) is 30.9. The molecule has 2 saturated carbocycles. The van der Waals surface area contributed by atoms with Crippen LogP contribution in [0.25, 0.3) is 0 Å². The zero-order valence-corrected chi connectivity index (χ0v) is 26.3. The van der Waals surface area contributed by atoms with Gasteiger partial charge in [0.05, 0.1) is 12.0 Å². The van der Waals surface area contributed by atoms with Gasteiger partial charge >= 0.3 is 0 Å². The van der Waals surface area contributed by atoms with Crippen LogP contribution in [0.15, 0.2) is 58.6 Å². The number of carbonyl (C=O) groups excluding carboxylic acids is 2. The van der Waals surface area contributed by atoms with E-state index in [-0.39, 0.29) is 39.4 Å². The van der Waals surface area contributed by atoms with Gasteiger partial charge in [-0.25, -0.2) is 9.37 Å². The van der Waals surface area contributed by atoms with E-state index in [1.807, 2.05) is 0 Å². The topological polar surface area (TPSA) is 122 Å². The molecular weight excluding hydrogens is 606 g/mol. The number of pyridine rings is 1. The standard InChI is InChI=1S/C32H37Cl2FN6O3/c1-18(33)5-4-6-22(35)24-25(27(42)37-20-9-7-19(8-10-20)28-41-36-17-44-28)40-31(15-13-30(2,3)14-16-31)32(24)21-11-12-23(34)38-26(21)39-29(32)43/h4-6,11-12,17,19-20,24-25,40H,1,7-10,13-16H2,2-3H3,(H,37,42)(H,38,39,43)/b5-4-,22-6-/t19?,20?,24-,25+,32+/m0/s1. The van der Waals surface area contributed by atoms with Gasteiger partial charge < -0.3 is 15.1 Å². The minimum absolute atomic E-state index is 0.0367. The molecule has 1 saturated heterocycles. The average Bonchev–Trinajstić information content (AvgIpc) is 3.68. The lowest BCUT2D eigenvalue weighted by molar-refractivity contribution is -0.126. The first-order valence-corrected chi connectivity index (χ1v) is 15.9. The molecule has 0 aromatic carbocycles. The molecule has 2 aliphatic carbocycles. The summed E-state index contributed by atoms with van der Waals surface area (Å²) in [5, 5.41) is 18.0. The Balaban J connectivity index is 1.39. The summed E-state index contributed by atoms with van der Waals surface area (Å²) in [6.45, 7) is 8.03. The number of fused-ring (bicyclic) bond motifs is 3. The molecule has 234 valence electrons. The van der Waals surface area contributed by atoms with E-state index in [1.54, 1.807) is 12.1 Å². The Labute approximate surface area is 266 Å². The first-order chi connectivity index (χ1) is 21.0. The molecular formula is C32H37Cl2FN6O3. The highest BCUT2D eigenvalue weighted by Gasteiger charge is 2.73. The van der Waals surface area contributed by atoms with Crippen LogP contribution in [0.5, 0.6) is 0 Å². The van der Waals surface area contributed by atoms with Gasteiger partial charge in [0.25, 0.3) is 0 Å². The van der Waals surface area contributed by atoms with E-state index in [1.165, 1.54) is 24.6 Å². The van der Waals surface area contributed by atoms with Crippen LogP contribution in [0, 0.1) is 11.3 Å². The van der Waals surface area contributed by atoms with E-state index in [4.69, 9.17) is 27.6 Å². The van der Waals surface area contributed by atoms with Crippen molar-refractivity contribution in [2.75, 3.05) is 5.32 Å². The quantitative estimate of drug-likeness (QED) is 0.252. The molecule has 0 unspecified atom stereocenters. The van der Waals surface area contributed by atoms with Crippen molar-refractivity contribution < 1.29 is 18.4 Å². The molecule has 3 N–H and O–H groups in total. The van der Waals surface area contributed by atoms with Gasteiger partial charge in [0, 0.05) is 28.1 Å². The number of hydrogen-bond donors (Lipinski definition) is 3. The molecule has 2 amide bonds. The van der Waals surface area contributed by atoms with Gasteiger partial charge in [-0.05, 0) is 75.0 Å². The average molecular weight is 644 g/mol. The summed E-state index contributed by atoms with van der Waals surface area (Å²) < 4.78 is 22.2. The fourth-order valence-corrected chi connectivity index (χ4v) is 8.18. The van der Waals surface area contributed by atoms with Gasteiger partial charge in [0.15, 0.2) is 0 Å². The molecule has 2 aromatic rings. The summed E-state index contributed by atoms with van der Waals surface area (Å²) in [7, 11) is 0. The predicted molar refractivity (Wildman–Crippen MR) is 166 cm³/mol. The Morgan fingerprint density at radius 3 is 2.57 bits per heavy atom. The molecule has 12 heteroatoms. The number of nitrogens with zero attached hydrogens (tertiary/aromatic N) is 3. The van der Waals surface area contributed by atoms with Crippen LogP contribution >= 0.6 is 23.2 Å². The summed E-state index contributed by atoms with van der Waals surface area (Å²) in [5.74, 6) is -1.43. The van der Waals surface area contributed by atoms with Crippen molar-refractivity contribution >= 4 is 40.8 Å². The van der Waals surface area contributed by atoms with Crippen LogP contribution in [0.2, 0.25) is 5.15 Å². The lowest BCUT2D eigenvalue weighted by Crippen LogP contribution is -2.61. The summed E-state index contributed by atoms with van der Waals surface area (Å²) in [6, 6.07) is 2.23. The maximum atomic E-state index is 16.8. The Morgan fingerprint density at radius 1 is 1.18 bits per heavy atom. The van der Waals surface area contributed by atoms with Gasteiger partial charge in [-0.3, -0.25) is 14.9 Å². The number of halogens is 3. The second-order valence-corrected chi connectivity index (χ2v) is 14.2.